The Kier molecular flexibility index (Phi) is 6.72. The first-order valence-corrected chi connectivity index (χ1v) is 17.9. The molecule has 0 N–H and O–H groups in total. The molecule has 7 aromatic carbocycles. The first-order valence-electron chi connectivity index (χ1n) is 17.9. The third-order valence-corrected chi connectivity index (χ3v) is 11.2. The maximum atomic E-state index is 2.54. The van der Waals surface area contributed by atoms with Crippen LogP contribution in [0.25, 0.3) is 21.9 Å². The normalized spacial score (nSPS) is 15.1. The molecule has 0 amide bonds. The molecule has 7 aromatic rings. The van der Waals surface area contributed by atoms with Crippen molar-refractivity contribution >= 4 is 68.0 Å². The Morgan fingerprint density at radius 2 is 1.04 bits per heavy atom. The Bertz CT molecular complexity index is 2330. The van der Waals surface area contributed by atoms with Crippen molar-refractivity contribution in [2.45, 2.75) is 38.0 Å². The molecule has 1 fully saturated rings. The molecule has 2 heterocycles. The number of rotatable bonds is 4. The van der Waals surface area contributed by atoms with Gasteiger partial charge in [-0.05, 0) is 99.7 Å². The predicted octanol–water partition coefficient (Wildman–Crippen LogP) is 10.6. The van der Waals surface area contributed by atoms with Crippen molar-refractivity contribution in [1.82, 2.24) is 0 Å². The van der Waals surface area contributed by atoms with Crippen molar-refractivity contribution in [3.63, 3.8) is 0 Å². The van der Waals surface area contributed by atoms with Crippen LogP contribution >= 0.6 is 0 Å². The van der Waals surface area contributed by atoms with E-state index in [2.05, 4.69) is 168 Å². The van der Waals surface area contributed by atoms with Crippen LogP contribution in [0.3, 0.4) is 0 Å². The highest BCUT2D eigenvalue weighted by molar-refractivity contribution is 7.00. The van der Waals surface area contributed by atoms with E-state index in [1.54, 1.807) is 0 Å². The molecule has 0 bridgehead atoms. The summed E-state index contributed by atoms with van der Waals surface area (Å²) < 4.78 is 0. The molecule has 3 heteroatoms. The molecule has 0 aromatic heterocycles. The van der Waals surface area contributed by atoms with Gasteiger partial charge in [0.25, 0.3) is 6.71 Å². The van der Waals surface area contributed by atoms with Crippen molar-refractivity contribution in [3.05, 3.63) is 163 Å². The minimum absolute atomic E-state index is 0.117. The molecule has 234 valence electrons. The monoisotopic (exact) mass is 628 g/mol. The average Bonchev–Trinajstić information content (AvgIpc) is 3.18. The summed E-state index contributed by atoms with van der Waals surface area (Å²) in [4.78, 5) is 5.08. The quantitative estimate of drug-likeness (QED) is 0.179. The van der Waals surface area contributed by atoms with Crippen molar-refractivity contribution in [1.29, 1.82) is 0 Å². The van der Waals surface area contributed by atoms with Crippen LogP contribution in [0.5, 0.6) is 0 Å². The van der Waals surface area contributed by atoms with Crippen molar-refractivity contribution < 1.29 is 0 Å². The zero-order valence-corrected chi connectivity index (χ0v) is 27.6. The van der Waals surface area contributed by atoms with E-state index in [1.807, 2.05) is 0 Å². The summed E-state index contributed by atoms with van der Waals surface area (Å²) in [6.07, 6.45) is 6.69. The standard InChI is InChI=1S/C46H37BN2/c1-3-14-32(15-4-1)34-26-28-37(29-27-34)48-42-23-11-9-21-39(42)47-40-22-10-12-24-43(40)49(41-25-13-19-35-18-7-8-20-38(35)41)45-31-36(30-44(48)46(45)47)33-16-5-2-6-17-33/h2,5-13,16-32H,1,3-4,14-15H2. The minimum Gasteiger partial charge on any atom is -0.311 e. The number of hydrogen-bond acceptors (Lipinski definition) is 2. The van der Waals surface area contributed by atoms with Gasteiger partial charge in [-0.1, -0.05) is 135 Å². The Balaban J connectivity index is 1.26. The van der Waals surface area contributed by atoms with Gasteiger partial charge in [0.05, 0.1) is 5.69 Å². The van der Waals surface area contributed by atoms with E-state index >= 15 is 0 Å². The second-order valence-electron chi connectivity index (χ2n) is 13.9. The molecule has 2 nitrogen and oxygen atoms in total. The van der Waals surface area contributed by atoms with Crippen LogP contribution in [-0.4, -0.2) is 6.71 Å². The second-order valence-corrected chi connectivity index (χ2v) is 13.9. The molecule has 2 aliphatic heterocycles. The van der Waals surface area contributed by atoms with Gasteiger partial charge in [-0.3, -0.25) is 0 Å². The van der Waals surface area contributed by atoms with E-state index < -0.39 is 0 Å². The highest BCUT2D eigenvalue weighted by Gasteiger charge is 2.43. The lowest BCUT2D eigenvalue weighted by Gasteiger charge is -2.44. The number of anilines is 6. The summed E-state index contributed by atoms with van der Waals surface area (Å²) >= 11 is 0. The smallest absolute Gasteiger partial charge is 0.252 e. The lowest BCUT2D eigenvalue weighted by molar-refractivity contribution is 0.443. The SMILES string of the molecule is c1ccc(-c2cc3c4c(c2)N(c2cccc5ccccc25)c2ccccc2B4c2ccccc2N3c2ccc(C3CCCCC3)cc2)cc1. The fourth-order valence-electron chi connectivity index (χ4n) is 8.97. The molecule has 1 saturated carbocycles. The zero-order chi connectivity index (χ0) is 32.3. The molecule has 0 spiro atoms. The maximum absolute atomic E-state index is 2.54. The Hall–Kier alpha value is -5.54. The molecule has 3 aliphatic rings. The fraction of sp³-hybridized carbons (Fsp3) is 0.130. The molecule has 0 unspecified atom stereocenters. The molecular formula is C46H37BN2. The molecule has 10 rings (SSSR count). The maximum Gasteiger partial charge on any atom is 0.252 e. The average molecular weight is 629 g/mol. The van der Waals surface area contributed by atoms with Gasteiger partial charge in [0.1, 0.15) is 0 Å². The lowest BCUT2D eigenvalue weighted by atomic mass is 9.33. The van der Waals surface area contributed by atoms with Gasteiger partial charge in [-0.2, -0.15) is 0 Å². The van der Waals surface area contributed by atoms with Crippen LogP contribution in [0.2, 0.25) is 0 Å². The van der Waals surface area contributed by atoms with Crippen LogP contribution in [0, 0.1) is 0 Å². The van der Waals surface area contributed by atoms with E-state index in [9.17, 15) is 0 Å². The molecule has 0 radical (unpaired) electrons. The summed E-state index contributed by atoms with van der Waals surface area (Å²) in [5.74, 6) is 0.681. The second kappa shape index (κ2) is 11.6. The van der Waals surface area contributed by atoms with Crippen LogP contribution in [0.15, 0.2) is 158 Å². The molecular weight excluding hydrogens is 591 g/mol. The van der Waals surface area contributed by atoms with E-state index in [4.69, 9.17) is 0 Å². The predicted molar refractivity (Wildman–Crippen MR) is 209 cm³/mol. The third-order valence-electron chi connectivity index (χ3n) is 11.2. The van der Waals surface area contributed by atoms with Crippen molar-refractivity contribution in [2.75, 3.05) is 9.80 Å². The first kappa shape index (κ1) is 28.5. The van der Waals surface area contributed by atoms with Gasteiger partial charge < -0.3 is 9.80 Å². The van der Waals surface area contributed by atoms with Crippen LogP contribution in [-0.2, 0) is 0 Å². The van der Waals surface area contributed by atoms with Gasteiger partial charge in [0.15, 0.2) is 0 Å². The topological polar surface area (TPSA) is 6.48 Å². The van der Waals surface area contributed by atoms with E-state index in [0.29, 0.717) is 5.92 Å². The zero-order valence-electron chi connectivity index (χ0n) is 27.6. The van der Waals surface area contributed by atoms with Gasteiger partial charge in [-0.25, -0.2) is 0 Å². The van der Waals surface area contributed by atoms with Crippen LogP contribution in [0.1, 0.15) is 43.6 Å². The fourth-order valence-corrected chi connectivity index (χ4v) is 8.97. The molecule has 0 atom stereocenters. The number of hydrogen-bond donors (Lipinski definition) is 0. The highest BCUT2D eigenvalue weighted by Crippen LogP contribution is 2.47. The number of para-hydroxylation sites is 2. The van der Waals surface area contributed by atoms with Gasteiger partial charge in [0, 0.05) is 33.8 Å². The van der Waals surface area contributed by atoms with Gasteiger partial charge >= 0.3 is 0 Å². The van der Waals surface area contributed by atoms with E-state index in [0.717, 1.165) is 0 Å². The number of fused-ring (bicyclic) bond motifs is 5. The molecule has 0 saturated heterocycles. The van der Waals surface area contributed by atoms with Crippen LogP contribution < -0.4 is 26.2 Å². The summed E-state index contributed by atoms with van der Waals surface area (Å²) in [5, 5.41) is 2.50. The van der Waals surface area contributed by atoms with Crippen molar-refractivity contribution in [3.8, 4) is 11.1 Å². The van der Waals surface area contributed by atoms with Gasteiger partial charge in [0.2, 0.25) is 0 Å². The third kappa shape index (κ3) is 4.56. The van der Waals surface area contributed by atoms with Crippen LogP contribution in [0.4, 0.5) is 34.1 Å². The molecule has 1 aliphatic carbocycles. The van der Waals surface area contributed by atoms with E-state index in [1.165, 1.54) is 110 Å². The Morgan fingerprint density at radius 3 is 1.80 bits per heavy atom. The van der Waals surface area contributed by atoms with Gasteiger partial charge in [-0.15, -0.1) is 0 Å². The first-order chi connectivity index (χ1) is 24.3. The lowest BCUT2D eigenvalue weighted by Crippen LogP contribution is -2.61. The summed E-state index contributed by atoms with van der Waals surface area (Å²) in [5.41, 5.74) is 15.4. The summed E-state index contributed by atoms with van der Waals surface area (Å²) in [7, 11) is 0. The number of nitrogens with zero attached hydrogens (tertiary/aromatic N) is 2. The highest BCUT2D eigenvalue weighted by atomic mass is 15.2. The number of benzene rings is 7. The largest absolute Gasteiger partial charge is 0.311 e. The molecule has 49 heavy (non-hydrogen) atoms. The van der Waals surface area contributed by atoms with Crippen molar-refractivity contribution in [2.24, 2.45) is 0 Å². The minimum atomic E-state index is 0.117. The summed E-state index contributed by atoms with van der Waals surface area (Å²) in [6, 6.07) is 59.0. The summed E-state index contributed by atoms with van der Waals surface area (Å²) in [6.45, 7) is 0.117. The Morgan fingerprint density at radius 1 is 0.449 bits per heavy atom. The van der Waals surface area contributed by atoms with E-state index in [-0.39, 0.29) is 6.71 Å². The Labute approximate surface area is 289 Å².